The van der Waals surface area contributed by atoms with Crippen LogP contribution in [0.1, 0.15) is 18.4 Å². The highest BCUT2D eigenvalue weighted by Crippen LogP contribution is 2.30. The molecular weight excluding hydrogens is 252 g/mol. The molecule has 0 saturated heterocycles. The predicted molar refractivity (Wildman–Crippen MR) is 77.2 cm³/mol. The summed E-state index contributed by atoms with van der Waals surface area (Å²) in [6, 6.07) is 7.73. The number of carbonyl (C=O) groups excluding carboxylic acids is 1. The van der Waals surface area contributed by atoms with Crippen molar-refractivity contribution >= 4 is 17.3 Å². The summed E-state index contributed by atoms with van der Waals surface area (Å²) < 4.78 is 0. The summed E-state index contributed by atoms with van der Waals surface area (Å²) >= 11 is 0. The van der Waals surface area contributed by atoms with Crippen LogP contribution in [0.5, 0.6) is 0 Å². The molecule has 5 heteroatoms. The van der Waals surface area contributed by atoms with Crippen LogP contribution in [-0.2, 0) is 11.3 Å². The third-order valence-corrected chi connectivity index (χ3v) is 3.19. The van der Waals surface area contributed by atoms with E-state index in [1.165, 1.54) is 6.33 Å². The maximum absolute atomic E-state index is 11.7. The standard InChI is InChI=1S/C15H16N4O/c20-15(12-4-5-12)19-14-3-1-2-13(6-14)18-9-11-7-16-10-17-8-11/h1-3,6-8,10,12,18H,4-5,9H2,(H,19,20). The summed E-state index contributed by atoms with van der Waals surface area (Å²) in [5, 5.41) is 6.23. The van der Waals surface area contributed by atoms with Gasteiger partial charge in [-0.05, 0) is 31.0 Å². The highest BCUT2D eigenvalue weighted by Gasteiger charge is 2.29. The molecule has 102 valence electrons. The van der Waals surface area contributed by atoms with Crippen LogP contribution >= 0.6 is 0 Å². The summed E-state index contributed by atoms with van der Waals surface area (Å²) in [4.78, 5) is 19.7. The summed E-state index contributed by atoms with van der Waals surface area (Å²) in [5.41, 5.74) is 2.80. The predicted octanol–water partition coefficient (Wildman–Crippen LogP) is 2.44. The van der Waals surface area contributed by atoms with Crippen molar-refractivity contribution in [3.63, 3.8) is 0 Å². The summed E-state index contributed by atoms with van der Waals surface area (Å²) in [6.07, 6.45) is 7.09. The first-order chi connectivity index (χ1) is 9.81. The normalized spacial score (nSPS) is 13.8. The Bertz CT molecular complexity index is 596. The number of carbonyl (C=O) groups is 1. The molecule has 0 radical (unpaired) electrons. The van der Waals surface area contributed by atoms with Crippen LogP contribution in [0.15, 0.2) is 43.0 Å². The lowest BCUT2D eigenvalue weighted by atomic mass is 10.2. The Hall–Kier alpha value is -2.43. The zero-order chi connectivity index (χ0) is 13.8. The maximum Gasteiger partial charge on any atom is 0.227 e. The van der Waals surface area contributed by atoms with Gasteiger partial charge >= 0.3 is 0 Å². The zero-order valence-corrected chi connectivity index (χ0v) is 11.0. The second-order valence-corrected chi connectivity index (χ2v) is 4.94. The number of aromatic nitrogens is 2. The van der Waals surface area contributed by atoms with Gasteiger partial charge in [0.25, 0.3) is 0 Å². The first-order valence-electron chi connectivity index (χ1n) is 6.70. The van der Waals surface area contributed by atoms with E-state index < -0.39 is 0 Å². The average molecular weight is 268 g/mol. The number of nitrogens with zero attached hydrogens (tertiary/aromatic N) is 2. The molecule has 2 N–H and O–H groups in total. The van der Waals surface area contributed by atoms with Crippen LogP contribution in [0.2, 0.25) is 0 Å². The molecule has 1 saturated carbocycles. The summed E-state index contributed by atoms with van der Waals surface area (Å²) in [7, 11) is 0. The van der Waals surface area contributed by atoms with Gasteiger partial charge in [-0.2, -0.15) is 0 Å². The molecule has 2 aromatic rings. The Morgan fingerprint density at radius 2 is 1.95 bits per heavy atom. The van der Waals surface area contributed by atoms with Crippen molar-refractivity contribution in [2.45, 2.75) is 19.4 Å². The average Bonchev–Trinajstić information content (AvgIpc) is 3.31. The third-order valence-electron chi connectivity index (χ3n) is 3.19. The molecule has 1 aliphatic carbocycles. The minimum atomic E-state index is 0.124. The van der Waals surface area contributed by atoms with Gasteiger partial charge < -0.3 is 10.6 Å². The van der Waals surface area contributed by atoms with Gasteiger partial charge in [0.1, 0.15) is 6.33 Å². The van der Waals surface area contributed by atoms with E-state index in [2.05, 4.69) is 20.6 Å². The lowest BCUT2D eigenvalue weighted by Crippen LogP contribution is -2.13. The van der Waals surface area contributed by atoms with Crippen LogP contribution in [0.25, 0.3) is 0 Å². The lowest BCUT2D eigenvalue weighted by molar-refractivity contribution is -0.117. The van der Waals surface area contributed by atoms with Crippen LogP contribution < -0.4 is 10.6 Å². The minimum absolute atomic E-state index is 0.124. The molecule has 1 aromatic heterocycles. The quantitative estimate of drug-likeness (QED) is 0.874. The van der Waals surface area contributed by atoms with E-state index in [1.807, 2.05) is 24.3 Å². The fraction of sp³-hybridized carbons (Fsp3) is 0.267. The Kier molecular flexibility index (Phi) is 3.58. The Morgan fingerprint density at radius 1 is 1.20 bits per heavy atom. The number of hydrogen-bond acceptors (Lipinski definition) is 4. The van der Waals surface area contributed by atoms with E-state index >= 15 is 0 Å². The van der Waals surface area contributed by atoms with Gasteiger partial charge in [0.15, 0.2) is 0 Å². The van der Waals surface area contributed by atoms with Crippen molar-refractivity contribution in [3.05, 3.63) is 48.5 Å². The van der Waals surface area contributed by atoms with Crippen molar-refractivity contribution in [2.24, 2.45) is 5.92 Å². The molecule has 0 unspecified atom stereocenters. The van der Waals surface area contributed by atoms with E-state index in [1.54, 1.807) is 12.4 Å². The van der Waals surface area contributed by atoms with Gasteiger partial charge in [-0.3, -0.25) is 4.79 Å². The minimum Gasteiger partial charge on any atom is -0.381 e. The molecule has 0 aliphatic heterocycles. The molecule has 1 fully saturated rings. The molecule has 0 spiro atoms. The monoisotopic (exact) mass is 268 g/mol. The van der Waals surface area contributed by atoms with Gasteiger partial charge in [-0.15, -0.1) is 0 Å². The van der Waals surface area contributed by atoms with Crippen molar-refractivity contribution in [3.8, 4) is 0 Å². The van der Waals surface area contributed by atoms with Crippen LogP contribution in [0, 0.1) is 5.92 Å². The van der Waals surface area contributed by atoms with Crippen LogP contribution in [0.3, 0.4) is 0 Å². The second kappa shape index (κ2) is 5.69. The van der Waals surface area contributed by atoms with Gasteiger partial charge in [0, 0.05) is 41.8 Å². The first kappa shape index (κ1) is 12.6. The Morgan fingerprint density at radius 3 is 2.70 bits per heavy atom. The molecule has 0 bridgehead atoms. The first-order valence-corrected chi connectivity index (χ1v) is 6.70. The van der Waals surface area contributed by atoms with E-state index in [0.29, 0.717) is 6.54 Å². The summed E-state index contributed by atoms with van der Waals surface area (Å²) in [5.74, 6) is 0.340. The van der Waals surface area contributed by atoms with Crippen LogP contribution in [-0.4, -0.2) is 15.9 Å². The van der Waals surface area contributed by atoms with Gasteiger partial charge in [0.2, 0.25) is 5.91 Å². The number of nitrogens with one attached hydrogen (secondary N) is 2. The molecule has 5 nitrogen and oxygen atoms in total. The number of rotatable bonds is 5. The second-order valence-electron chi connectivity index (χ2n) is 4.94. The Labute approximate surface area is 117 Å². The maximum atomic E-state index is 11.7. The molecule has 1 aliphatic rings. The van der Waals surface area contributed by atoms with Crippen molar-refractivity contribution in [1.29, 1.82) is 0 Å². The summed E-state index contributed by atoms with van der Waals surface area (Å²) in [6.45, 7) is 0.654. The van der Waals surface area contributed by atoms with Crippen molar-refractivity contribution < 1.29 is 4.79 Å². The SMILES string of the molecule is O=C(Nc1cccc(NCc2cncnc2)c1)C1CC1. The number of anilines is 2. The smallest absolute Gasteiger partial charge is 0.227 e. The van der Waals surface area contributed by atoms with E-state index in [-0.39, 0.29) is 11.8 Å². The van der Waals surface area contributed by atoms with E-state index in [0.717, 1.165) is 29.8 Å². The number of hydrogen-bond donors (Lipinski definition) is 2. The Balaban J connectivity index is 1.60. The van der Waals surface area contributed by atoms with Gasteiger partial charge in [0.05, 0.1) is 0 Å². The van der Waals surface area contributed by atoms with Gasteiger partial charge in [-0.1, -0.05) is 6.07 Å². The highest BCUT2D eigenvalue weighted by molar-refractivity contribution is 5.94. The molecule has 1 aromatic carbocycles. The van der Waals surface area contributed by atoms with Crippen molar-refractivity contribution in [1.82, 2.24) is 9.97 Å². The van der Waals surface area contributed by atoms with Crippen LogP contribution in [0.4, 0.5) is 11.4 Å². The fourth-order valence-corrected chi connectivity index (χ4v) is 1.92. The lowest BCUT2D eigenvalue weighted by Gasteiger charge is -2.09. The number of benzene rings is 1. The van der Waals surface area contributed by atoms with Gasteiger partial charge in [-0.25, -0.2) is 9.97 Å². The molecule has 3 rings (SSSR count). The third kappa shape index (κ3) is 3.32. The molecule has 20 heavy (non-hydrogen) atoms. The van der Waals surface area contributed by atoms with E-state index in [9.17, 15) is 4.79 Å². The topological polar surface area (TPSA) is 66.9 Å². The van der Waals surface area contributed by atoms with Crippen molar-refractivity contribution in [2.75, 3.05) is 10.6 Å². The van der Waals surface area contributed by atoms with E-state index in [4.69, 9.17) is 0 Å². The highest BCUT2D eigenvalue weighted by atomic mass is 16.2. The molecular formula is C15H16N4O. The molecule has 1 amide bonds. The largest absolute Gasteiger partial charge is 0.381 e. The molecule has 1 heterocycles. The fourth-order valence-electron chi connectivity index (χ4n) is 1.92. The molecule has 0 atom stereocenters. The number of amides is 1. The zero-order valence-electron chi connectivity index (χ0n) is 11.0.